The Morgan fingerprint density at radius 1 is 1.46 bits per heavy atom. The van der Waals surface area contributed by atoms with Crippen molar-refractivity contribution in [1.29, 1.82) is 0 Å². The minimum atomic E-state index is 0.257. The van der Waals surface area contributed by atoms with E-state index in [-0.39, 0.29) is 6.04 Å². The summed E-state index contributed by atoms with van der Waals surface area (Å²) in [5.74, 6) is 1.01. The van der Waals surface area contributed by atoms with Crippen molar-refractivity contribution in [2.75, 3.05) is 19.6 Å². The molecular weight excluding hydrogens is 354 g/mol. The average molecular weight is 378 g/mol. The SMILES string of the molecule is CC1CC(N=C(N)c2cc(Cl)ccc2N=CCCNCCNC=O)=NN1. The first-order valence-electron chi connectivity index (χ1n) is 8.46. The van der Waals surface area contributed by atoms with Crippen molar-refractivity contribution in [2.24, 2.45) is 20.8 Å². The lowest BCUT2D eigenvalue weighted by molar-refractivity contribution is -0.109. The maximum absolute atomic E-state index is 10.1. The van der Waals surface area contributed by atoms with E-state index in [4.69, 9.17) is 17.3 Å². The number of hydrogen-bond donors (Lipinski definition) is 4. The van der Waals surface area contributed by atoms with Gasteiger partial charge in [-0.15, -0.1) is 0 Å². The predicted molar refractivity (Wildman–Crippen MR) is 107 cm³/mol. The molecule has 0 saturated heterocycles. The molecule has 0 bridgehead atoms. The fourth-order valence-electron chi connectivity index (χ4n) is 2.32. The van der Waals surface area contributed by atoms with Crippen LogP contribution in [0.15, 0.2) is 33.3 Å². The molecular formula is C17H24ClN7O. The number of hydrogen-bond acceptors (Lipinski definition) is 6. The van der Waals surface area contributed by atoms with Gasteiger partial charge in [-0.25, -0.2) is 4.99 Å². The molecule has 0 radical (unpaired) electrons. The van der Waals surface area contributed by atoms with E-state index in [1.807, 2.05) is 19.2 Å². The van der Waals surface area contributed by atoms with Crippen molar-refractivity contribution in [3.63, 3.8) is 0 Å². The third-order valence-corrected chi connectivity index (χ3v) is 3.83. The highest BCUT2D eigenvalue weighted by Gasteiger charge is 2.14. The van der Waals surface area contributed by atoms with Crippen LogP contribution in [0, 0.1) is 0 Å². The predicted octanol–water partition coefficient (Wildman–Crippen LogP) is 1.17. The van der Waals surface area contributed by atoms with E-state index in [9.17, 15) is 4.79 Å². The van der Waals surface area contributed by atoms with E-state index >= 15 is 0 Å². The summed E-state index contributed by atoms with van der Waals surface area (Å²) in [4.78, 5) is 19.0. The Balaban J connectivity index is 1.97. The lowest BCUT2D eigenvalue weighted by atomic mass is 10.1. The molecule has 1 aliphatic rings. The molecule has 1 heterocycles. The maximum Gasteiger partial charge on any atom is 0.207 e. The number of nitrogens with one attached hydrogen (secondary N) is 3. The fourth-order valence-corrected chi connectivity index (χ4v) is 2.49. The molecule has 1 aromatic rings. The van der Waals surface area contributed by atoms with Crippen LogP contribution in [-0.2, 0) is 4.79 Å². The molecule has 9 heteroatoms. The molecule has 2 rings (SSSR count). The smallest absolute Gasteiger partial charge is 0.207 e. The van der Waals surface area contributed by atoms with Crippen molar-refractivity contribution in [3.8, 4) is 0 Å². The number of benzene rings is 1. The van der Waals surface area contributed by atoms with Gasteiger partial charge in [0.15, 0.2) is 5.84 Å². The van der Waals surface area contributed by atoms with Crippen LogP contribution in [0.2, 0.25) is 5.02 Å². The molecule has 0 fully saturated rings. The largest absolute Gasteiger partial charge is 0.383 e. The first-order chi connectivity index (χ1) is 12.6. The van der Waals surface area contributed by atoms with Crippen molar-refractivity contribution >= 4 is 41.6 Å². The fraction of sp³-hybridized carbons (Fsp3) is 0.412. The standard InChI is InChI=1S/C17H24ClN7O/c1-12-9-16(25-24-12)23-17(19)14-10-13(18)3-4-15(14)22-6-2-5-20-7-8-21-11-26/h3-4,6,10-12,20,24H,2,5,7-9H2,1H3,(H,21,26)(H2,19,23,25). The second-order valence-corrected chi connectivity index (χ2v) is 6.28. The summed E-state index contributed by atoms with van der Waals surface area (Å²) in [6.45, 7) is 4.11. The van der Waals surface area contributed by atoms with Crippen LogP contribution in [0.3, 0.4) is 0 Å². The summed E-state index contributed by atoms with van der Waals surface area (Å²) in [6, 6.07) is 5.59. The number of halogens is 1. The third kappa shape index (κ3) is 6.45. The van der Waals surface area contributed by atoms with Crippen LogP contribution in [0.25, 0.3) is 0 Å². The number of amidine groups is 2. The minimum Gasteiger partial charge on any atom is -0.383 e. The molecule has 1 atom stereocenters. The van der Waals surface area contributed by atoms with Crippen molar-refractivity contribution in [1.82, 2.24) is 16.1 Å². The van der Waals surface area contributed by atoms with E-state index in [0.29, 0.717) is 47.4 Å². The van der Waals surface area contributed by atoms with Crippen LogP contribution in [-0.4, -0.2) is 50.0 Å². The Bertz CT molecular complexity index is 702. The molecule has 1 aliphatic heterocycles. The Morgan fingerprint density at radius 3 is 3.04 bits per heavy atom. The quantitative estimate of drug-likeness (QED) is 0.224. The van der Waals surface area contributed by atoms with Gasteiger partial charge in [0, 0.05) is 48.9 Å². The van der Waals surface area contributed by atoms with Gasteiger partial charge in [-0.1, -0.05) is 11.6 Å². The van der Waals surface area contributed by atoms with Crippen molar-refractivity contribution < 1.29 is 4.79 Å². The molecule has 140 valence electrons. The number of aliphatic imine (C=N–C) groups is 2. The first kappa shape index (κ1) is 19.9. The number of carbonyl (C=O) groups is 1. The topological polar surface area (TPSA) is 116 Å². The zero-order chi connectivity index (χ0) is 18.8. The van der Waals surface area contributed by atoms with Gasteiger partial charge < -0.3 is 21.8 Å². The third-order valence-electron chi connectivity index (χ3n) is 3.60. The molecule has 1 unspecified atom stereocenters. The van der Waals surface area contributed by atoms with Gasteiger partial charge in [-0.2, -0.15) is 5.10 Å². The number of rotatable bonds is 9. The number of carbonyl (C=O) groups excluding carboxylic acids is 1. The molecule has 0 aliphatic carbocycles. The highest BCUT2D eigenvalue weighted by molar-refractivity contribution is 6.31. The van der Waals surface area contributed by atoms with Crippen LogP contribution in [0.1, 0.15) is 25.3 Å². The van der Waals surface area contributed by atoms with Crippen LogP contribution >= 0.6 is 11.6 Å². The molecule has 1 aromatic carbocycles. The summed E-state index contributed by atoms with van der Waals surface area (Å²) in [5.41, 5.74) is 10.5. The van der Waals surface area contributed by atoms with Crippen molar-refractivity contribution in [3.05, 3.63) is 28.8 Å². The zero-order valence-corrected chi connectivity index (χ0v) is 15.5. The van der Waals surface area contributed by atoms with Crippen LogP contribution < -0.4 is 21.8 Å². The highest BCUT2D eigenvalue weighted by Crippen LogP contribution is 2.23. The van der Waals surface area contributed by atoms with E-state index in [1.165, 1.54) is 0 Å². The molecule has 0 spiro atoms. The Hall–Kier alpha value is -2.45. The number of hydrazone groups is 1. The second kappa shape index (κ2) is 10.5. The summed E-state index contributed by atoms with van der Waals surface area (Å²) < 4.78 is 0. The van der Waals surface area contributed by atoms with Gasteiger partial charge in [-0.3, -0.25) is 9.79 Å². The summed E-state index contributed by atoms with van der Waals surface area (Å²) in [5, 5.41) is 10.5. The minimum absolute atomic E-state index is 0.257. The normalized spacial score (nSPS) is 17.2. The maximum atomic E-state index is 10.1. The lowest BCUT2D eigenvalue weighted by Gasteiger charge is -2.06. The molecule has 1 amide bonds. The summed E-state index contributed by atoms with van der Waals surface area (Å²) in [7, 11) is 0. The zero-order valence-electron chi connectivity index (χ0n) is 14.7. The van der Waals surface area contributed by atoms with Gasteiger partial charge in [0.2, 0.25) is 6.41 Å². The van der Waals surface area contributed by atoms with Gasteiger partial charge in [0.1, 0.15) is 5.84 Å². The molecule has 0 aromatic heterocycles. The summed E-state index contributed by atoms with van der Waals surface area (Å²) in [6.07, 6.45) is 3.97. The number of amides is 1. The lowest BCUT2D eigenvalue weighted by Crippen LogP contribution is -2.27. The number of nitrogens with zero attached hydrogens (tertiary/aromatic N) is 3. The van der Waals surface area contributed by atoms with E-state index in [1.54, 1.807) is 12.1 Å². The molecule has 8 nitrogen and oxygen atoms in total. The van der Waals surface area contributed by atoms with Gasteiger partial charge in [0.25, 0.3) is 0 Å². The molecule has 26 heavy (non-hydrogen) atoms. The van der Waals surface area contributed by atoms with Gasteiger partial charge >= 0.3 is 0 Å². The summed E-state index contributed by atoms with van der Waals surface area (Å²) >= 11 is 6.10. The number of nitrogens with two attached hydrogens (primary N) is 1. The first-order valence-corrected chi connectivity index (χ1v) is 8.84. The second-order valence-electron chi connectivity index (χ2n) is 5.84. The van der Waals surface area contributed by atoms with Gasteiger partial charge in [-0.05, 0) is 31.5 Å². The van der Waals surface area contributed by atoms with Crippen molar-refractivity contribution in [2.45, 2.75) is 25.8 Å². The Labute approximate surface area is 158 Å². The van der Waals surface area contributed by atoms with Crippen LogP contribution in [0.5, 0.6) is 0 Å². The molecule has 5 N–H and O–H groups in total. The Morgan fingerprint density at radius 2 is 2.31 bits per heavy atom. The van der Waals surface area contributed by atoms with E-state index in [0.717, 1.165) is 19.4 Å². The monoisotopic (exact) mass is 377 g/mol. The van der Waals surface area contributed by atoms with E-state index in [2.05, 4.69) is 31.1 Å². The highest BCUT2D eigenvalue weighted by atomic mass is 35.5. The van der Waals surface area contributed by atoms with Crippen LogP contribution in [0.4, 0.5) is 5.69 Å². The molecule has 0 saturated carbocycles. The van der Waals surface area contributed by atoms with Gasteiger partial charge in [0.05, 0.1) is 5.69 Å². The Kier molecular flexibility index (Phi) is 8.04. The van der Waals surface area contributed by atoms with E-state index < -0.39 is 0 Å². The average Bonchev–Trinajstić information content (AvgIpc) is 3.03.